The first-order chi connectivity index (χ1) is 7.68. The number of benzene rings is 1. The molecule has 16 heavy (non-hydrogen) atoms. The Labute approximate surface area is 108 Å². The zero-order valence-corrected chi connectivity index (χ0v) is 11.8. The molecule has 0 spiro atoms. The molecule has 2 nitrogen and oxygen atoms in total. The molecule has 0 amide bonds. The van der Waals surface area contributed by atoms with Gasteiger partial charge in [-0.15, -0.1) is 4.31 Å². The second-order valence-electron chi connectivity index (χ2n) is 4.15. The van der Waals surface area contributed by atoms with Crippen LogP contribution in [0.4, 0.5) is 0 Å². The molecule has 0 radical (unpaired) electrons. The summed E-state index contributed by atoms with van der Waals surface area (Å²) in [6.45, 7) is 3.95. The van der Waals surface area contributed by atoms with E-state index in [-0.39, 0.29) is 0 Å². The van der Waals surface area contributed by atoms with Gasteiger partial charge in [0.15, 0.2) is 4.90 Å². The van der Waals surface area contributed by atoms with Crippen LogP contribution in [0, 0.1) is 6.92 Å². The highest BCUT2D eigenvalue weighted by Gasteiger charge is 2.24. The second kappa shape index (κ2) is 5.54. The van der Waals surface area contributed by atoms with Crippen LogP contribution in [-0.2, 0) is 11.4 Å². The Kier molecular flexibility index (Phi) is 4.30. The van der Waals surface area contributed by atoms with Crippen molar-refractivity contribution in [2.45, 2.75) is 31.1 Å². The molecule has 0 aliphatic carbocycles. The predicted octanol–water partition coefficient (Wildman–Crippen LogP) is 3.27. The number of halogens is 1. The lowest BCUT2D eigenvalue weighted by Gasteiger charge is -2.27. The van der Waals surface area contributed by atoms with Crippen LogP contribution < -0.4 is 0 Å². The maximum atomic E-state index is 12.3. The molecule has 1 atom stereocenters. The number of hydrogen-bond donors (Lipinski definition) is 0. The monoisotopic (exact) mass is 301 g/mol. The van der Waals surface area contributed by atoms with Gasteiger partial charge in [-0.1, -0.05) is 28.4 Å². The summed E-state index contributed by atoms with van der Waals surface area (Å²) in [5.74, 6) is 0. The molecule has 0 saturated carbocycles. The average molecular weight is 302 g/mol. The van der Waals surface area contributed by atoms with Crippen LogP contribution in [0.15, 0.2) is 27.6 Å². The van der Waals surface area contributed by atoms with Crippen LogP contribution in [0.25, 0.3) is 0 Å². The Balaban J connectivity index is 2.12. The lowest BCUT2D eigenvalue weighted by molar-refractivity contribution is 0.346. The average Bonchev–Trinajstić information content (AvgIpc) is 2.33. The van der Waals surface area contributed by atoms with Crippen molar-refractivity contribution in [1.29, 1.82) is 0 Å². The van der Waals surface area contributed by atoms with Gasteiger partial charge in [0.2, 0.25) is 0 Å². The molecule has 88 valence electrons. The van der Waals surface area contributed by atoms with Gasteiger partial charge in [0.05, 0.1) is 11.4 Å². The van der Waals surface area contributed by atoms with Gasteiger partial charge in [-0.2, -0.15) is 0 Å². The van der Waals surface area contributed by atoms with E-state index in [0.29, 0.717) is 0 Å². The Morgan fingerprint density at radius 2 is 1.94 bits per heavy atom. The van der Waals surface area contributed by atoms with Crippen molar-refractivity contribution in [3.05, 3.63) is 28.2 Å². The fourth-order valence-electron chi connectivity index (χ4n) is 1.86. The van der Waals surface area contributed by atoms with E-state index in [9.17, 15) is 4.55 Å². The van der Waals surface area contributed by atoms with Gasteiger partial charge in [-0.25, -0.2) is 0 Å². The summed E-state index contributed by atoms with van der Waals surface area (Å²) >= 11 is 2.50. The molecule has 1 aliphatic heterocycles. The van der Waals surface area contributed by atoms with Crippen LogP contribution in [0.2, 0.25) is 0 Å². The Morgan fingerprint density at radius 1 is 1.25 bits per heavy atom. The highest BCUT2D eigenvalue weighted by atomic mass is 79.9. The van der Waals surface area contributed by atoms with Crippen molar-refractivity contribution in [3.8, 4) is 0 Å². The second-order valence-corrected chi connectivity index (χ2v) is 6.49. The molecule has 1 aliphatic rings. The number of rotatable bonds is 2. The first-order valence-electron chi connectivity index (χ1n) is 5.61. The molecule has 2 rings (SSSR count). The van der Waals surface area contributed by atoms with Gasteiger partial charge in [0.1, 0.15) is 0 Å². The van der Waals surface area contributed by atoms with E-state index in [1.807, 2.05) is 25.1 Å². The number of piperidine rings is 1. The summed E-state index contributed by atoms with van der Waals surface area (Å²) in [5, 5.41) is 0. The van der Waals surface area contributed by atoms with Crippen LogP contribution >= 0.6 is 15.9 Å². The molecule has 1 saturated heterocycles. The summed E-state index contributed by atoms with van der Waals surface area (Å²) in [6, 6.07) is 5.95. The Morgan fingerprint density at radius 3 is 2.56 bits per heavy atom. The molecule has 0 N–H and O–H groups in total. The molecule has 0 aromatic heterocycles. The molecule has 4 heteroatoms. The molecular weight excluding hydrogens is 286 g/mol. The summed E-state index contributed by atoms with van der Waals surface area (Å²) in [5.41, 5.74) is 1.18. The fourth-order valence-corrected chi connectivity index (χ4v) is 3.68. The third-order valence-electron chi connectivity index (χ3n) is 2.89. The number of hydrogen-bond acceptors (Lipinski definition) is 2. The maximum Gasteiger partial charge on any atom is 0.175 e. The van der Waals surface area contributed by atoms with Crippen molar-refractivity contribution in [2.75, 3.05) is 13.1 Å². The SMILES string of the molecule is Cc1ccc([S+]([O-])N2CCCCC2)cc1Br. The molecule has 1 fully saturated rings. The summed E-state index contributed by atoms with van der Waals surface area (Å²) in [7, 11) is 0. The first-order valence-corrected chi connectivity index (χ1v) is 7.51. The van der Waals surface area contributed by atoms with E-state index in [4.69, 9.17) is 0 Å². The number of aryl methyl sites for hydroxylation is 1. The molecule has 1 aromatic carbocycles. The van der Waals surface area contributed by atoms with E-state index in [1.54, 1.807) is 0 Å². The summed E-state index contributed by atoms with van der Waals surface area (Å²) in [4.78, 5) is 0.902. The van der Waals surface area contributed by atoms with Crippen LogP contribution in [0.3, 0.4) is 0 Å². The van der Waals surface area contributed by atoms with Crippen molar-refractivity contribution in [3.63, 3.8) is 0 Å². The number of nitrogens with zero attached hydrogens (tertiary/aromatic N) is 1. The topological polar surface area (TPSA) is 26.3 Å². The lowest BCUT2D eigenvalue weighted by Crippen LogP contribution is -2.35. The maximum absolute atomic E-state index is 12.3. The largest absolute Gasteiger partial charge is 0.593 e. The minimum absolute atomic E-state index is 0.902. The van der Waals surface area contributed by atoms with Crippen molar-refractivity contribution < 1.29 is 4.55 Å². The summed E-state index contributed by atoms with van der Waals surface area (Å²) in [6.07, 6.45) is 3.60. The predicted molar refractivity (Wildman–Crippen MR) is 70.7 cm³/mol. The molecule has 1 unspecified atom stereocenters. The van der Waals surface area contributed by atoms with Gasteiger partial charge in [0.25, 0.3) is 0 Å². The van der Waals surface area contributed by atoms with Crippen molar-refractivity contribution in [2.24, 2.45) is 0 Å². The van der Waals surface area contributed by atoms with Crippen LogP contribution in [0.5, 0.6) is 0 Å². The van der Waals surface area contributed by atoms with E-state index in [0.717, 1.165) is 22.5 Å². The molecule has 1 heterocycles. The Bertz CT molecular complexity index is 366. The smallest absolute Gasteiger partial charge is 0.175 e. The van der Waals surface area contributed by atoms with Gasteiger partial charge in [-0.3, -0.25) is 0 Å². The van der Waals surface area contributed by atoms with E-state index in [2.05, 4.69) is 20.2 Å². The standard InChI is InChI=1S/C12H16BrNOS/c1-10-5-6-11(9-12(10)13)16(15)14-7-3-2-4-8-14/h5-6,9H,2-4,7-8H2,1H3. The Hall–Kier alpha value is -0.0300. The van der Waals surface area contributed by atoms with Crippen LogP contribution in [-0.4, -0.2) is 21.9 Å². The van der Waals surface area contributed by atoms with Gasteiger partial charge >= 0.3 is 0 Å². The van der Waals surface area contributed by atoms with Gasteiger partial charge < -0.3 is 4.55 Å². The third-order valence-corrected chi connectivity index (χ3v) is 5.24. The lowest BCUT2D eigenvalue weighted by atomic mass is 10.2. The molecule has 0 bridgehead atoms. The van der Waals surface area contributed by atoms with Gasteiger partial charge in [0, 0.05) is 23.6 Å². The van der Waals surface area contributed by atoms with Crippen LogP contribution in [0.1, 0.15) is 24.8 Å². The minimum atomic E-state index is -0.985. The van der Waals surface area contributed by atoms with Gasteiger partial charge in [-0.05, 0) is 31.4 Å². The first kappa shape index (κ1) is 12.4. The zero-order valence-electron chi connectivity index (χ0n) is 9.41. The highest BCUT2D eigenvalue weighted by molar-refractivity contribution is 9.10. The van der Waals surface area contributed by atoms with Crippen molar-refractivity contribution in [1.82, 2.24) is 4.31 Å². The van der Waals surface area contributed by atoms with Crippen molar-refractivity contribution >= 4 is 27.3 Å². The normalized spacial score (nSPS) is 19.7. The molecule has 1 aromatic rings. The quantitative estimate of drug-likeness (QED) is 0.784. The van der Waals surface area contributed by atoms with E-state index in [1.165, 1.54) is 24.8 Å². The highest BCUT2D eigenvalue weighted by Crippen LogP contribution is 2.24. The van der Waals surface area contributed by atoms with E-state index >= 15 is 0 Å². The zero-order chi connectivity index (χ0) is 11.5. The van der Waals surface area contributed by atoms with E-state index < -0.39 is 11.4 Å². The third kappa shape index (κ3) is 2.80. The molecular formula is C12H16BrNOS. The summed E-state index contributed by atoms with van der Waals surface area (Å²) < 4.78 is 15.4. The minimum Gasteiger partial charge on any atom is -0.593 e. The fraction of sp³-hybridized carbons (Fsp3) is 0.500.